The van der Waals surface area contributed by atoms with Gasteiger partial charge < -0.3 is 14.6 Å². The Morgan fingerprint density at radius 1 is 1.21 bits per heavy atom. The summed E-state index contributed by atoms with van der Waals surface area (Å²) in [6.07, 6.45) is 6.34. The topological polar surface area (TPSA) is 38.7 Å². The lowest BCUT2D eigenvalue weighted by Crippen LogP contribution is -2.66. The Bertz CT molecular complexity index is 476. The van der Waals surface area contributed by atoms with Crippen molar-refractivity contribution >= 4 is 0 Å². The predicted molar refractivity (Wildman–Crippen MR) is 71.5 cm³/mol. The second-order valence-electron chi connectivity index (χ2n) is 7.68. The molecule has 0 bridgehead atoms. The van der Waals surface area contributed by atoms with Crippen molar-refractivity contribution < 1.29 is 14.6 Å². The molecule has 0 aromatic heterocycles. The maximum Gasteiger partial charge on any atom is 0.163 e. The number of aliphatic hydroxyl groups is 1. The molecule has 4 aliphatic rings. The van der Waals surface area contributed by atoms with Crippen LogP contribution in [0.4, 0.5) is 0 Å². The maximum atomic E-state index is 11.0. The van der Waals surface area contributed by atoms with E-state index in [9.17, 15) is 5.11 Å². The number of ether oxygens (including phenoxy) is 2. The van der Waals surface area contributed by atoms with Crippen LogP contribution in [0.25, 0.3) is 0 Å². The third-order valence-electron chi connectivity index (χ3n) is 6.15. The molecule has 3 nitrogen and oxygen atoms in total. The Labute approximate surface area is 115 Å². The molecule has 0 aromatic carbocycles. The number of hydrogen-bond acceptors (Lipinski definition) is 3. The lowest BCUT2D eigenvalue weighted by molar-refractivity contribution is -0.373. The largest absolute Gasteiger partial charge is 0.385 e. The zero-order valence-electron chi connectivity index (χ0n) is 12.3. The van der Waals surface area contributed by atoms with Crippen LogP contribution in [-0.2, 0) is 9.47 Å². The highest BCUT2D eigenvalue weighted by molar-refractivity contribution is 5.38. The SMILES string of the molecule is CC1=C[C@]2(O)CC[C@H]3OC(C)(C)O[C@@](C)([C@@H]32)C12CC2. The van der Waals surface area contributed by atoms with Crippen molar-refractivity contribution in [1.82, 2.24) is 0 Å². The van der Waals surface area contributed by atoms with Gasteiger partial charge >= 0.3 is 0 Å². The van der Waals surface area contributed by atoms with Crippen molar-refractivity contribution in [2.24, 2.45) is 11.3 Å². The Balaban J connectivity index is 1.91. The highest BCUT2D eigenvalue weighted by Gasteiger charge is 2.74. The van der Waals surface area contributed by atoms with E-state index in [0.29, 0.717) is 0 Å². The smallest absolute Gasteiger partial charge is 0.163 e. The molecule has 3 fully saturated rings. The zero-order chi connectivity index (χ0) is 13.7. The van der Waals surface area contributed by atoms with E-state index in [1.165, 1.54) is 18.4 Å². The molecular weight excluding hydrogens is 240 g/mol. The molecule has 106 valence electrons. The van der Waals surface area contributed by atoms with E-state index in [1.54, 1.807) is 0 Å². The summed E-state index contributed by atoms with van der Waals surface area (Å²) in [4.78, 5) is 0. The van der Waals surface area contributed by atoms with E-state index in [2.05, 4.69) is 19.9 Å². The molecule has 1 spiro atoms. The molecular formula is C16H24O3. The third-order valence-corrected chi connectivity index (χ3v) is 6.15. The van der Waals surface area contributed by atoms with Crippen molar-refractivity contribution in [3.8, 4) is 0 Å². The third kappa shape index (κ3) is 1.29. The van der Waals surface area contributed by atoms with E-state index in [4.69, 9.17) is 9.47 Å². The summed E-state index contributed by atoms with van der Waals surface area (Å²) < 4.78 is 12.5. The quantitative estimate of drug-likeness (QED) is 0.684. The predicted octanol–water partition coefficient (Wildman–Crippen LogP) is 2.78. The summed E-state index contributed by atoms with van der Waals surface area (Å²) in [5.74, 6) is -0.465. The number of fused-ring (bicyclic) bond motifs is 1. The Kier molecular flexibility index (Phi) is 2.02. The van der Waals surface area contributed by atoms with Gasteiger partial charge in [0, 0.05) is 11.3 Å². The van der Waals surface area contributed by atoms with Gasteiger partial charge in [-0.05, 0) is 53.4 Å². The average Bonchev–Trinajstić information content (AvgIpc) is 2.98. The van der Waals surface area contributed by atoms with Gasteiger partial charge in [0.15, 0.2) is 5.79 Å². The molecule has 1 N–H and O–H groups in total. The normalized spacial score (nSPS) is 52.8. The molecule has 1 aliphatic heterocycles. The summed E-state index contributed by atoms with van der Waals surface area (Å²) >= 11 is 0. The first-order chi connectivity index (χ1) is 8.73. The summed E-state index contributed by atoms with van der Waals surface area (Å²) in [6.45, 7) is 8.41. The van der Waals surface area contributed by atoms with Gasteiger partial charge in [0.25, 0.3) is 0 Å². The first-order valence-corrected chi connectivity index (χ1v) is 7.53. The molecule has 0 radical (unpaired) electrons. The summed E-state index contributed by atoms with van der Waals surface area (Å²) in [5, 5.41) is 11.0. The lowest BCUT2D eigenvalue weighted by atomic mass is 9.61. The van der Waals surface area contributed by atoms with Gasteiger partial charge in [-0.3, -0.25) is 0 Å². The standard InChI is InChI=1S/C16H24O3/c1-10-9-16(17)6-5-11-12(16)14(4,15(10)7-8-15)19-13(2,3)18-11/h9,11-12,17H,5-8H2,1-4H3/t11-,12-,14+,16-/m1/s1. The molecule has 0 amide bonds. The number of hydrogen-bond donors (Lipinski definition) is 1. The van der Waals surface area contributed by atoms with Crippen molar-refractivity contribution in [2.75, 3.05) is 0 Å². The van der Waals surface area contributed by atoms with Crippen LogP contribution in [0.15, 0.2) is 11.6 Å². The maximum absolute atomic E-state index is 11.0. The van der Waals surface area contributed by atoms with Crippen molar-refractivity contribution in [1.29, 1.82) is 0 Å². The van der Waals surface area contributed by atoms with Crippen molar-refractivity contribution in [2.45, 2.75) is 76.5 Å². The summed E-state index contributed by atoms with van der Waals surface area (Å²) in [6, 6.07) is 0. The van der Waals surface area contributed by atoms with Crippen LogP contribution in [0.2, 0.25) is 0 Å². The lowest BCUT2D eigenvalue weighted by Gasteiger charge is -2.59. The van der Waals surface area contributed by atoms with Crippen LogP contribution in [0.3, 0.4) is 0 Å². The highest BCUT2D eigenvalue weighted by atomic mass is 16.7. The Morgan fingerprint density at radius 2 is 1.89 bits per heavy atom. The van der Waals surface area contributed by atoms with Crippen LogP contribution in [0, 0.1) is 11.3 Å². The van der Waals surface area contributed by atoms with Gasteiger partial charge in [0.1, 0.15) is 0 Å². The molecule has 0 unspecified atom stereocenters. The van der Waals surface area contributed by atoms with Gasteiger partial charge in [-0.1, -0.05) is 11.6 Å². The number of rotatable bonds is 0. The summed E-state index contributed by atoms with van der Waals surface area (Å²) in [7, 11) is 0. The molecule has 1 heterocycles. The monoisotopic (exact) mass is 264 g/mol. The summed E-state index contributed by atoms with van der Waals surface area (Å²) in [5.41, 5.74) is 0.456. The van der Waals surface area contributed by atoms with Gasteiger partial charge in [0.2, 0.25) is 0 Å². The first kappa shape index (κ1) is 12.4. The minimum absolute atomic E-state index is 0.0826. The fourth-order valence-corrected chi connectivity index (χ4v) is 5.42. The van der Waals surface area contributed by atoms with E-state index in [0.717, 1.165) is 12.8 Å². The minimum Gasteiger partial charge on any atom is -0.385 e. The van der Waals surface area contributed by atoms with Gasteiger partial charge in [0.05, 0.1) is 17.3 Å². The molecule has 3 heteroatoms. The van der Waals surface area contributed by atoms with Crippen molar-refractivity contribution in [3.63, 3.8) is 0 Å². The van der Waals surface area contributed by atoms with Crippen molar-refractivity contribution in [3.05, 3.63) is 11.6 Å². The fraction of sp³-hybridized carbons (Fsp3) is 0.875. The molecule has 4 rings (SSSR count). The molecule has 3 aliphatic carbocycles. The van der Waals surface area contributed by atoms with Gasteiger partial charge in [-0.15, -0.1) is 0 Å². The van der Waals surface area contributed by atoms with Crippen LogP contribution in [0.5, 0.6) is 0 Å². The molecule has 2 saturated carbocycles. The van der Waals surface area contributed by atoms with Crippen LogP contribution in [0.1, 0.15) is 53.4 Å². The van der Waals surface area contributed by atoms with E-state index >= 15 is 0 Å². The molecule has 19 heavy (non-hydrogen) atoms. The minimum atomic E-state index is -0.728. The second-order valence-corrected chi connectivity index (χ2v) is 7.68. The molecule has 0 aromatic rings. The Hall–Kier alpha value is -0.380. The highest BCUT2D eigenvalue weighted by Crippen LogP contribution is 2.71. The van der Waals surface area contributed by atoms with E-state index < -0.39 is 11.4 Å². The first-order valence-electron chi connectivity index (χ1n) is 7.53. The van der Waals surface area contributed by atoms with Crippen LogP contribution < -0.4 is 0 Å². The van der Waals surface area contributed by atoms with E-state index in [-0.39, 0.29) is 23.0 Å². The van der Waals surface area contributed by atoms with Gasteiger partial charge in [-0.2, -0.15) is 0 Å². The van der Waals surface area contributed by atoms with E-state index in [1.807, 2.05) is 13.8 Å². The van der Waals surface area contributed by atoms with Crippen LogP contribution in [-0.4, -0.2) is 28.2 Å². The molecule has 1 saturated heterocycles. The zero-order valence-corrected chi connectivity index (χ0v) is 12.3. The average molecular weight is 264 g/mol. The second kappa shape index (κ2) is 3.10. The molecule has 4 atom stereocenters. The van der Waals surface area contributed by atoms with Crippen LogP contribution >= 0.6 is 0 Å². The Morgan fingerprint density at radius 3 is 2.53 bits per heavy atom. The van der Waals surface area contributed by atoms with Gasteiger partial charge in [-0.25, -0.2) is 0 Å². The fourth-order valence-electron chi connectivity index (χ4n) is 5.42.